The lowest BCUT2D eigenvalue weighted by molar-refractivity contribution is 0.121. The highest BCUT2D eigenvalue weighted by Gasteiger charge is 2.34. The van der Waals surface area contributed by atoms with Crippen molar-refractivity contribution in [2.75, 3.05) is 27.2 Å². The van der Waals surface area contributed by atoms with Crippen molar-refractivity contribution < 1.29 is 0 Å². The van der Waals surface area contributed by atoms with E-state index in [2.05, 4.69) is 68.9 Å². The van der Waals surface area contributed by atoms with Crippen molar-refractivity contribution in [2.24, 2.45) is 0 Å². The molecule has 2 heteroatoms. The van der Waals surface area contributed by atoms with Gasteiger partial charge in [-0.15, -0.1) is 0 Å². The molecule has 0 radical (unpaired) electrons. The second-order valence-electron chi connectivity index (χ2n) is 7.27. The minimum atomic E-state index is 0.260. The SMILES string of the molecule is CN(C)CCc1ccccc1C1CCCN1C(C)(C)C. The summed E-state index contributed by atoms with van der Waals surface area (Å²) in [7, 11) is 4.30. The van der Waals surface area contributed by atoms with E-state index in [9.17, 15) is 0 Å². The molecule has 2 rings (SSSR count). The van der Waals surface area contributed by atoms with Crippen molar-refractivity contribution in [1.29, 1.82) is 0 Å². The second-order valence-corrected chi connectivity index (χ2v) is 7.27. The van der Waals surface area contributed by atoms with Gasteiger partial charge in [-0.2, -0.15) is 0 Å². The first kappa shape index (κ1) is 15.5. The Kier molecular flexibility index (Phi) is 4.87. The Bertz CT molecular complexity index is 431. The Morgan fingerprint density at radius 2 is 1.90 bits per heavy atom. The summed E-state index contributed by atoms with van der Waals surface area (Å²) in [5, 5.41) is 0. The summed E-state index contributed by atoms with van der Waals surface area (Å²) in [6.45, 7) is 9.38. The van der Waals surface area contributed by atoms with Crippen LogP contribution in [0.25, 0.3) is 0 Å². The van der Waals surface area contributed by atoms with Crippen LogP contribution in [-0.2, 0) is 6.42 Å². The van der Waals surface area contributed by atoms with Gasteiger partial charge in [0.1, 0.15) is 0 Å². The Balaban J connectivity index is 2.23. The zero-order chi connectivity index (χ0) is 14.8. The van der Waals surface area contributed by atoms with E-state index in [0.29, 0.717) is 6.04 Å². The predicted molar refractivity (Wildman–Crippen MR) is 87.1 cm³/mol. The number of likely N-dealkylation sites (N-methyl/N-ethyl adjacent to an activating group) is 1. The van der Waals surface area contributed by atoms with Crippen LogP contribution in [0.15, 0.2) is 24.3 Å². The maximum Gasteiger partial charge on any atom is 0.0356 e. The molecule has 0 aliphatic carbocycles. The minimum Gasteiger partial charge on any atom is -0.309 e. The Morgan fingerprint density at radius 1 is 1.20 bits per heavy atom. The smallest absolute Gasteiger partial charge is 0.0356 e. The van der Waals surface area contributed by atoms with Crippen molar-refractivity contribution in [2.45, 2.75) is 51.6 Å². The van der Waals surface area contributed by atoms with Gasteiger partial charge in [-0.1, -0.05) is 24.3 Å². The van der Waals surface area contributed by atoms with Gasteiger partial charge in [0.15, 0.2) is 0 Å². The first-order valence-corrected chi connectivity index (χ1v) is 7.89. The molecule has 1 fully saturated rings. The lowest BCUT2D eigenvalue weighted by Gasteiger charge is -2.38. The second kappa shape index (κ2) is 6.28. The van der Waals surface area contributed by atoms with Crippen LogP contribution >= 0.6 is 0 Å². The van der Waals surface area contributed by atoms with E-state index < -0.39 is 0 Å². The predicted octanol–water partition coefficient (Wildman–Crippen LogP) is 3.73. The van der Waals surface area contributed by atoms with Crippen molar-refractivity contribution in [3.63, 3.8) is 0 Å². The fraction of sp³-hybridized carbons (Fsp3) is 0.667. The molecule has 112 valence electrons. The molecule has 1 aliphatic heterocycles. The molecule has 0 N–H and O–H groups in total. The molecule has 1 heterocycles. The Morgan fingerprint density at radius 3 is 2.55 bits per heavy atom. The molecular weight excluding hydrogens is 244 g/mol. The monoisotopic (exact) mass is 274 g/mol. The van der Waals surface area contributed by atoms with E-state index >= 15 is 0 Å². The molecule has 1 aromatic carbocycles. The third kappa shape index (κ3) is 3.62. The summed E-state index contributed by atoms with van der Waals surface area (Å²) in [5.74, 6) is 0. The third-order valence-electron chi connectivity index (χ3n) is 4.36. The summed E-state index contributed by atoms with van der Waals surface area (Å²) in [5.41, 5.74) is 3.35. The fourth-order valence-corrected chi connectivity index (χ4v) is 3.32. The number of likely N-dealkylation sites (tertiary alicyclic amines) is 1. The summed E-state index contributed by atoms with van der Waals surface area (Å²) in [6.07, 6.45) is 3.78. The van der Waals surface area contributed by atoms with Gasteiger partial charge < -0.3 is 4.90 Å². The summed E-state index contributed by atoms with van der Waals surface area (Å²) in [4.78, 5) is 4.95. The molecule has 0 saturated carbocycles. The van der Waals surface area contributed by atoms with Gasteiger partial charge in [-0.3, -0.25) is 4.90 Å². The van der Waals surface area contributed by atoms with Crippen LogP contribution in [-0.4, -0.2) is 42.5 Å². The van der Waals surface area contributed by atoms with Gasteiger partial charge in [0, 0.05) is 18.1 Å². The van der Waals surface area contributed by atoms with Gasteiger partial charge in [-0.05, 0) is 71.8 Å². The maximum atomic E-state index is 2.68. The van der Waals surface area contributed by atoms with Crippen LogP contribution in [0.1, 0.15) is 50.8 Å². The van der Waals surface area contributed by atoms with E-state index in [-0.39, 0.29) is 5.54 Å². The van der Waals surface area contributed by atoms with E-state index in [0.717, 1.165) is 13.0 Å². The molecule has 1 aromatic rings. The first-order chi connectivity index (χ1) is 9.39. The molecule has 0 amide bonds. The van der Waals surface area contributed by atoms with Gasteiger partial charge in [-0.25, -0.2) is 0 Å². The third-order valence-corrected chi connectivity index (χ3v) is 4.36. The highest BCUT2D eigenvalue weighted by atomic mass is 15.2. The number of rotatable bonds is 4. The summed E-state index contributed by atoms with van der Waals surface area (Å²) < 4.78 is 0. The van der Waals surface area contributed by atoms with Crippen molar-refractivity contribution in [3.05, 3.63) is 35.4 Å². The molecular formula is C18H30N2. The van der Waals surface area contributed by atoms with Crippen molar-refractivity contribution in [1.82, 2.24) is 9.80 Å². The highest BCUT2D eigenvalue weighted by Crippen LogP contribution is 2.38. The van der Waals surface area contributed by atoms with E-state index in [4.69, 9.17) is 0 Å². The normalized spacial score (nSPS) is 20.8. The van der Waals surface area contributed by atoms with Gasteiger partial charge in [0.05, 0.1) is 0 Å². The molecule has 2 nitrogen and oxygen atoms in total. The molecule has 1 saturated heterocycles. The zero-order valence-corrected chi connectivity index (χ0v) is 13.8. The van der Waals surface area contributed by atoms with Crippen molar-refractivity contribution in [3.8, 4) is 0 Å². The first-order valence-electron chi connectivity index (χ1n) is 7.89. The molecule has 1 atom stereocenters. The summed E-state index contributed by atoms with van der Waals surface area (Å²) in [6, 6.07) is 9.66. The lowest BCUT2D eigenvalue weighted by atomic mass is 9.94. The molecule has 20 heavy (non-hydrogen) atoms. The quantitative estimate of drug-likeness (QED) is 0.825. The largest absolute Gasteiger partial charge is 0.309 e. The Labute approximate surface area is 124 Å². The van der Waals surface area contributed by atoms with Gasteiger partial charge >= 0.3 is 0 Å². The van der Waals surface area contributed by atoms with E-state index in [1.165, 1.54) is 24.9 Å². The number of benzene rings is 1. The van der Waals surface area contributed by atoms with Crippen LogP contribution in [0.2, 0.25) is 0 Å². The van der Waals surface area contributed by atoms with E-state index in [1.54, 1.807) is 5.56 Å². The molecule has 1 aliphatic rings. The summed E-state index contributed by atoms with van der Waals surface area (Å²) >= 11 is 0. The minimum absolute atomic E-state index is 0.260. The lowest BCUT2D eigenvalue weighted by Crippen LogP contribution is -2.40. The van der Waals surface area contributed by atoms with Crippen molar-refractivity contribution >= 4 is 0 Å². The highest BCUT2D eigenvalue weighted by molar-refractivity contribution is 5.31. The van der Waals surface area contributed by atoms with E-state index in [1.807, 2.05) is 0 Å². The average molecular weight is 274 g/mol. The Hall–Kier alpha value is -0.860. The van der Waals surface area contributed by atoms with Gasteiger partial charge in [0.2, 0.25) is 0 Å². The molecule has 0 bridgehead atoms. The van der Waals surface area contributed by atoms with Crippen LogP contribution in [0.4, 0.5) is 0 Å². The van der Waals surface area contributed by atoms with Crippen LogP contribution < -0.4 is 0 Å². The molecule has 1 unspecified atom stereocenters. The zero-order valence-electron chi connectivity index (χ0n) is 13.8. The molecule has 0 spiro atoms. The fourth-order valence-electron chi connectivity index (χ4n) is 3.32. The maximum absolute atomic E-state index is 2.68. The number of hydrogen-bond donors (Lipinski definition) is 0. The number of hydrogen-bond acceptors (Lipinski definition) is 2. The van der Waals surface area contributed by atoms with Crippen LogP contribution in [0.5, 0.6) is 0 Å². The number of nitrogens with zero attached hydrogens (tertiary/aromatic N) is 2. The van der Waals surface area contributed by atoms with Crippen LogP contribution in [0.3, 0.4) is 0 Å². The topological polar surface area (TPSA) is 6.48 Å². The van der Waals surface area contributed by atoms with Gasteiger partial charge in [0.25, 0.3) is 0 Å². The standard InChI is InChI=1S/C18H30N2/c1-18(2,3)20-13-8-11-17(20)16-10-7-6-9-15(16)12-14-19(4)5/h6-7,9-10,17H,8,11-14H2,1-5H3. The average Bonchev–Trinajstić information content (AvgIpc) is 2.85. The van der Waals surface area contributed by atoms with Crippen LogP contribution in [0, 0.1) is 0 Å². The molecule has 0 aromatic heterocycles.